The fourth-order valence-corrected chi connectivity index (χ4v) is 2.52. The molecular formula is C20H20F4N2O3. The van der Waals surface area contributed by atoms with Crippen LogP contribution in [0, 0.1) is 23.3 Å². The molecular weight excluding hydrogens is 392 g/mol. The van der Waals surface area contributed by atoms with Crippen LogP contribution in [0.5, 0.6) is 5.75 Å². The van der Waals surface area contributed by atoms with Crippen LogP contribution in [0.4, 0.5) is 23.2 Å². The van der Waals surface area contributed by atoms with Crippen molar-refractivity contribution in [2.75, 3.05) is 25.0 Å². The molecule has 2 aromatic rings. The van der Waals surface area contributed by atoms with Gasteiger partial charge in [0.05, 0.1) is 25.3 Å². The van der Waals surface area contributed by atoms with Crippen LogP contribution < -0.4 is 10.1 Å². The molecule has 0 aromatic heterocycles. The zero-order chi connectivity index (χ0) is 21.4. The summed E-state index contributed by atoms with van der Waals surface area (Å²) in [7, 11) is 0. The first-order chi connectivity index (χ1) is 13.8. The van der Waals surface area contributed by atoms with Crippen molar-refractivity contribution in [3.8, 4) is 5.75 Å². The van der Waals surface area contributed by atoms with E-state index in [0.717, 1.165) is 6.07 Å². The Morgan fingerprint density at radius 1 is 1.00 bits per heavy atom. The molecule has 0 aliphatic rings. The number of ether oxygens (including phenoxy) is 1. The first-order valence-electron chi connectivity index (χ1n) is 8.92. The van der Waals surface area contributed by atoms with Crippen LogP contribution in [0.3, 0.4) is 0 Å². The number of benzene rings is 2. The van der Waals surface area contributed by atoms with E-state index in [1.807, 2.05) is 0 Å². The van der Waals surface area contributed by atoms with E-state index in [0.29, 0.717) is 12.5 Å². The van der Waals surface area contributed by atoms with Crippen molar-refractivity contribution in [3.63, 3.8) is 0 Å². The topological polar surface area (TPSA) is 58.6 Å². The van der Waals surface area contributed by atoms with Gasteiger partial charge in [0, 0.05) is 6.54 Å². The van der Waals surface area contributed by atoms with E-state index in [-0.39, 0.29) is 25.3 Å². The van der Waals surface area contributed by atoms with Gasteiger partial charge in [0.2, 0.25) is 11.8 Å². The number of hydrogen-bond acceptors (Lipinski definition) is 3. The molecule has 0 unspecified atom stereocenters. The summed E-state index contributed by atoms with van der Waals surface area (Å²) in [6, 6.07) is 7.31. The zero-order valence-corrected chi connectivity index (χ0v) is 15.7. The van der Waals surface area contributed by atoms with Crippen LogP contribution >= 0.6 is 0 Å². The maximum absolute atomic E-state index is 13.7. The minimum Gasteiger partial charge on any atom is -0.490 e. The highest BCUT2D eigenvalue weighted by molar-refractivity contribution is 5.94. The van der Waals surface area contributed by atoms with Gasteiger partial charge < -0.3 is 15.0 Å². The molecule has 2 rings (SSSR count). The van der Waals surface area contributed by atoms with Crippen LogP contribution in [0.2, 0.25) is 0 Å². The normalized spacial score (nSPS) is 10.5. The molecule has 0 aliphatic carbocycles. The standard InChI is InChI=1S/C20H20F4N2O3/c1-2-10-26(18(28)9-11-29-16-6-4-3-5-13(16)21)12-17(27)25-15-8-7-14(22)19(23)20(15)24/h3-8H,2,9-12H2,1H3,(H,25,27). The van der Waals surface area contributed by atoms with E-state index in [4.69, 9.17) is 4.74 Å². The van der Waals surface area contributed by atoms with Gasteiger partial charge in [-0.15, -0.1) is 0 Å². The van der Waals surface area contributed by atoms with Crippen molar-refractivity contribution in [2.45, 2.75) is 19.8 Å². The van der Waals surface area contributed by atoms with Gasteiger partial charge in [0.25, 0.3) is 0 Å². The van der Waals surface area contributed by atoms with Crippen LogP contribution in [-0.4, -0.2) is 36.4 Å². The van der Waals surface area contributed by atoms with E-state index in [9.17, 15) is 27.2 Å². The van der Waals surface area contributed by atoms with Gasteiger partial charge in [-0.2, -0.15) is 0 Å². The first-order valence-corrected chi connectivity index (χ1v) is 8.92. The van der Waals surface area contributed by atoms with Crippen molar-refractivity contribution < 1.29 is 31.9 Å². The van der Waals surface area contributed by atoms with E-state index in [2.05, 4.69) is 5.32 Å². The third kappa shape index (κ3) is 6.20. The Kier molecular flexibility index (Phi) is 7.99. The Balaban J connectivity index is 1.92. The molecule has 29 heavy (non-hydrogen) atoms. The number of rotatable bonds is 9. The maximum atomic E-state index is 13.7. The molecule has 0 heterocycles. The monoisotopic (exact) mass is 412 g/mol. The molecule has 0 bridgehead atoms. The molecule has 0 fully saturated rings. The molecule has 5 nitrogen and oxygen atoms in total. The second kappa shape index (κ2) is 10.4. The van der Waals surface area contributed by atoms with Gasteiger partial charge in [0.15, 0.2) is 29.0 Å². The van der Waals surface area contributed by atoms with Crippen LogP contribution in [0.15, 0.2) is 36.4 Å². The fraction of sp³-hybridized carbons (Fsp3) is 0.300. The third-order valence-corrected chi connectivity index (χ3v) is 3.90. The number of carbonyl (C=O) groups is 2. The summed E-state index contributed by atoms with van der Waals surface area (Å²) < 4.78 is 58.6. The first kappa shape index (κ1) is 22.2. The molecule has 156 valence electrons. The highest BCUT2D eigenvalue weighted by Crippen LogP contribution is 2.19. The van der Waals surface area contributed by atoms with Crippen LogP contribution in [0.1, 0.15) is 19.8 Å². The van der Waals surface area contributed by atoms with Crippen molar-refractivity contribution in [1.29, 1.82) is 0 Å². The lowest BCUT2D eigenvalue weighted by molar-refractivity contribution is -0.135. The Bertz CT molecular complexity index is 877. The molecule has 2 amide bonds. The van der Waals surface area contributed by atoms with Gasteiger partial charge in [0.1, 0.15) is 0 Å². The molecule has 0 spiro atoms. The predicted octanol–water partition coefficient (Wildman–Crippen LogP) is 3.89. The summed E-state index contributed by atoms with van der Waals surface area (Å²) in [6.45, 7) is 1.53. The molecule has 0 radical (unpaired) electrons. The summed E-state index contributed by atoms with van der Waals surface area (Å²) in [6.07, 6.45) is 0.438. The Labute approximate surface area is 165 Å². The lowest BCUT2D eigenvalue weighted by Gasteiger charge is -2.22. The summed E-state index contributed by atoms with van der Waals surface area (Å²) in [4.78, 5) is 25.7. The molecule has 1 N–H and O–H groups in total. The largest absolute Gasteiger partial charge is 0.490 e. The number of nitrogens with one attached hydrogen (secondary N) is 1. The number of anilines is 1. The number of para-hydroxylation sites is 1. The van der Waals surface area contributed by atoms with Crippen molar-refractivity contribution in [3.05, 3.63) is 59.7 Å². The van der Waals surface area contributed by atoms with Gasteiger partial charge in [-0.1, -0.05) is 19.1 Å². The third-order valence-electron chi connectivity index (χ3n) is 3.90. The smallest absolute Gasteiger partial charge is 0.244 e. The number of halogens is 4. The maximum Gasteiger partial charge on any atom is 0.244 e. The predicted molar refractivity (Wildman–Crippen MR) is 98.3 cm³/mol. The Morgan fingerprint density at radius 3 is 2.41 bits per heavy atom. The quantitative estimate of drug-likeness (QED) is 0.502. The lowest BCUT2D eigenvalue weighted by atomic mass is 10.2. The summed E-state index contributed by atoms with van der Waals surface area (Å²) in [5, 5.41) is 2.12. The summed E-state index contributed by atoms with van der Waals surface area (Å²) >= 11 is 0. The average molecular weight is 412 g/mol. The van der Waals surface area contributed by atoms with Crippen LogP contribution in [0.25, 0.3) is 0 Å². The van der Waals surface area contributed by atoms with Crippen molar-refractivity contribution >= 4 is 17.5 Å². The molecule has 0 saturated carbocycles. The van der Waals surface area contributed by atoms with Crippen molar-refractivity contribution in [2.24, 2.45) is 0 Å². The van der Waals surface area contributed by atoms with E-state index in [1.54, 1.807) is 13.0 Å². The number of carbonyl (C=O) groups excluding carboxylic acids is 2. The summed E-state index contributed by atoms with van der Waals surface area (Å²) in [5.41, 5.74) is -0.527. The van der Waals surface area contributed by atoms with Gasteiger partial charge in [-0.05, 0) is 30.7 Å². The SMILES string of the molecule is CCCN(CC(=O)Nc1ccc(F)c(F)c1F)C(=O)CCOc1ccccc1F. The van der Waals surface area contributed by atoms with E-state index >= 15 is 0 Å². The number of hydrogen-bond donors (Lipinski definition) is 1. The average Bonchev–Trinajstić information content (AvgIpc) is 2.69. The Morgan fingerprint density at radius 2 is 1.72 bits per heavy atom. The highest BCUT2D eigenvalue weighted by atomic mass is 19.2. The molecule has 0 aliphatic heterocycles. The minimum atomic E-state index is -1.70. The zero-order valence-electron chi connectivity index (χ0n) is 15.7. The Hall–Kier alpha value is -3.10. The van der Waals surface area contributed by atoms with Gasteiger partial charge in [-0.3, -0.25) is 9.59 Å². The molecule has 9 heteroatoms. The molecule has 0 saturated heterocycles. The van der Waals surface area contributed by atoms with Gasteiger partial charge >= 0.3 is 0 Å². The second-order valence-corrected chi connectivity index (χ2v) is 6.12. The highest BCUT2D eigenvalue weighted by Gasteiger charge is 2.19. The number of nitrogens with zero attached hydrogens (tertiary/aromatic N) is 1. The molecule has 0 atom stereocenters. The van der Waals surface area contributed by atoms with E-state index in [1.165, 1.54) is 23.1 Å². The lowest BCUT2D eigenvalue weighted by Crippen LogP contribution is -2.39. The molecule has 2 aromatic carbocycles. The minimum absolute atomic E-state index is 0.00824. The fourth-order valence-electron chi connectivity index (χ4n) is 2.52. The van der Waals surface area contributed by atoms with Crippen LogP contribution in [-0.2, 0) is 9.59 Å². The summed E-state index contributed by atoms with van der Waals surface area (Å²) in [5.74, 6) is -6.35. The number of amides is 2. The van der Waals surface area contributed by atoms with Crippen molar-refractivity contribution in [1.82, 2.24) is 4.90 Å². The second-order valence-electron chi connectivity index (χ2n) is 6.12. The van der Waals surface area contributed by atoms with E-state index < -0.39 is 47.3 Å². The van der Waals surface area contributed by atoms with Gasteiger partial charge in [-0.25, -0.2) is 17.6 Å².